The Morgan fingerprint density at radius 2 is 1.83 bits per heavy atom. The molecular formula is C23H23NO6. The Balaban J connectivity index is 1.74. The second-order valence-electron chi connectivity index (χ2n) is 6.92. The Bertz CT molecular complexity index is 996. The topological polar surface area (TPSA) is 93.1 Å². The molecule has 0 unspecified atom stereocenters. The number of esters is 1. The number of nitrogens with zero attached hydrogens (tertiary/aromatic N) is 1. The molecule has 1 aliphatic heterocycles. The summed E-state index contributed by atoms with van der Waals surface area (Å²) < 4.78 is 10.1. The largest absolute Gasteiger partial charge is 0.478 e. The third kappa shape index (κ3) is 4.51. The second kappa shape index (κ2) is 9.26. The predicted molar refractivity (Wildman–Crippen MR) is 110 cm³/mol. The van der Waals surface area contributed by atoms with E-state index in [1.165, 1.54) is 13.2 Å². The van der Waals surface area contributed by atoms with Crippen LogP contribution in [0.4, 0.5) is 4.79 Å². The van der Waals surface area contributed by atoms with Gasteiger partial charge >= 0.3 is 18.0 Å². The van der Waals surface area contributed by atoms with Gasteiger partial charge in [-0.25, -0.2) is 14.4 Å². The lowest BCUT2D eigenvalue weighted by atomic mass is 9.90. The van der Waals surface area contributed by atoms with E-state index in [0.717, 1.165) is 16.7 Å². The number of carbonyl (C=O) groups is 3. The van der Waals surface area contributed by atoms with Gasteiger partial charge in [0.2, 0.25) is 0 Å². The van der Waals surface area contributed by atoms with Crippen LogP contribution < -0.4 is 0 Å². The lowest BCUT2D eigenvalue weighted by molar-refractivity contribution is 0.0581. The predicted octanol–water partition coefficient (Wildman–Crippen LogP) is 3.91. The minimum Gasteiger partial charge on any atom is -0.478 e. The molecule has 0 spiro atoms. The molecule has 7 heteroatoms. The van der Waals surface area contributed by atoms with Gasteiger partial charge in [0.25, 0.3) is 0 Å². The van der Waals surface area contributed by atoms with E-state index in [-0.39, 0.29) is 23.8 Å². The molecule has 1 aliphatic rings. The lowest BCUT2D eigenvalue weighted by Crippen LogP contribution is -2.35. The number of rotatable bonds is 5. The van der Waals surface area contributed by atoms with Crippen LogP contribution in [0, 0.1) is 6.92 Å². The Labute approximate surface area is 174 Å². The van der Waals surface area contributed by atoms with Crippen molar-refractivity contribution in [3.05, 3.63) is 76.4 Å². The van der Waals surface area contributed by atoms with Crippen molar-refractivity contribution in [1.82, 2.24) is 4.90 Å². The van der Waals surface area contributed by atoms with Crippen molar-refractivity contribution in [3.8, 4) is 0 Å². The standard InChI is InChI=1S/C23H23NO6/c1-15-18(8-9-19(21(25)26)20(15)22(27)29-2)17-10-12-24(13-11-17)23(28)30-14-16-6-4-3-5-7-16/h3-10H,11-14H2,1-2H3,(H,25,26). The summed E-state index contributed by atoms with van der Waals surface area (Å²) in [4.78, 5) is 37.6. The molecule has 0 aliphatic carbocycles. The first-order chi connectivity index (χ1) is 14.4. The van der Waals surface area contributed by atoms with Crippen molar-refractivity contribution < 1.29 is 29.0 Å². The van der Waals surface area contributed by atoms with E-state index in [0.29, 0.717) is 25.1 Å². The smallest absolute Gasteiger partial charge is 0.410 e. The number of hydrogen-bond donors (Lipinski definition) is 1. The highest BCUT2D eigenvalue weighted by Crippen LogP contribution is 2.29. The molecule has 0 fully saturated rings. The maximum Gasteiger partial charge on any atom is 0.410 e. The molecule has 2 aromatic rings. The second-order valence-corrected chi connectivity index (χ2v) is 6.92. The normalized spacial score (nSPS) is 13.4. The first kappa shape index (κ1) is 21.1. The number of aromatic carboxylic acids is 1. The summed E-state index contributed by atoms with van der Waals surface area (Å²) in [6.45, 7) is 2.75. The minimum atomic E-state index is -1.19. The van der Waals surface area contributed by atoms with Gasteiger partial charge in [0.15, 0.2) is 0 Å². The van der Waals surface area contributed by atoms with Crippen molar-refractivity contribution in [1.29, 1.82) is 0 Å². The Morgan fingerprint density at radius 1 is 1.10 bits per heavy atom. The molecule has 30 heavy (non-hydrogen) atoms. The molecule has 1 N–H and O–H groups in total. The van der Waals surface area contributed by atoms with E-state index in [9.17, 15) is 19.5 Å². The van der Waals surface area contributed by atoms with Crippen molar-refractivity contribution in [2.24, 2.45) is 0 Å². The minimum absolute atomic E-state index is 0.0492. The number of methoxy groups -OCH3 is 1. The first-order valence-electron chi connectivity index (χ1n) is 9.52. The average Bonchev–Trinajstić information content (AvgIpc) is 2.77. The fourth-order valence-corrected chi connectivity index (χ4v) is 3.49. The molecule has 0 saturated heterocycles. The molecule has 7 nitrogen and oxygen atoms in total. The third-order valence-electron chi connectivity index (χ3n) is 5.10. The summed E-state index contributed by atoms with van der Waals surface area (Å²) in [6.07, 6.45) is 2.08. The van der Waals surface area contributed by atoms with Crippen LogP contribution in [0.1, 0.15) is 43.8 Å². The van der Waals surface area contributed by atoms with Gasteiger partial charge in [-0.2, -0.15) is 0 Å². The van der Waals surface area contributed by atoms with Crippen LogP contribution in [-0.2, 0) is 16.1 Å². The third-order valence-corrected chi connectivity index (χ3v) is 5.10. The van der Waals surface area contributed by atoms with Crippen molar-refractivity contribution in [3.63, 3.8) is 0 Å². The zero-order chi connectivity index (χ0) is 21.7. The highest BCUT2D eigenvalue weighted by atomic mass is 16.6. The molecule has 3 rings (SSSR count). The van der Waals surface area contributed by atoms with E-state index in [4.69, 9.17) is 9.47 Å². The summed E-state index contributed by atoms with van der Waals surface area (Å²) >= 11 is 0. The first-order valence-corrected chi connectivity index (χ1v) is 9.52. The number of carboxylic acids is 1. The SMILES string of the molecule is COC(=O)c1c(C(=O)O)ccc(C2=CCN(C(=O)OCc3ccccc3)CC2)c1C. The molecule has 1 amide bonds. The molecule has 0 bridgehead atoms. The number of ether oxygens (including phenoxy) is 2. The van der Waals surface area contributed by atoms with E-state index < -0.39 is 11.9 Å². The summed E-state index contributed by atoms with van der Waals surface area (Å²) in [6, 6.07) is 12.6. The molecule has 0 atom stereocenters. The van der Waals surface area contributed by atoms with E-state index >= 15 is 0 Å². The number of carbonyl (C=O) groups excluding carboxylic acids is 2. The van der Waals surface area contributed by atoms with Crippen LogP contribution in [-0.4, -0.2) is 48.2 Å². The maximum absolute atomic E-state index is 12.3. The van der Waals surface area contributed by atoms with Gasteiger partial charge in [-0.3, -0.25) is 0 Å². The number of carboxylic acid groups (broad SMARTS) is 1. The van der Waals surface area contributed by atoms with Gasteiger partial charge in [0, 0.05) is 13.1 Å². The van der Waals surface area contributed by atoms with Gasteiger partial charge in [0.1, 0.15) is 6.61 Å². The summed E-state index contributed by atoms with van der Waals surface area (Å²) in [5.74, 6) is -1.87. The monoisotopic (exact) mass is 409 g/mol. The molecular weight excluding hydrogens is 386 g/mol. The highest BCUT2D eigenvalue weighted by Gasteiger charge is 2.25. The van der Waals surface area contributed by atoms with E-state index in [1.54, 1.807) is 17.9 Å². The summed E-state index contributed by atoms with van der Waals surface area (Å²) in [5.41, 5.74) is 3.15. The fourth-order valence-electron chi connectivity index (χ4n) is 3.49. The van der Waals surface area contributed by atoms with Crippen LogP contribution in [0.25, 0.3) is 5.57 Å². The number of benzene rings is 2. The Kier molecular flexibility index (Phi) is 6.51. The van der Waals surface area contributed by atoms with Crippen molar-refractivity contribution in [2.45, 2.75) is 20.0 Å². The molecule has 0 aromatic heterocycles. The molecule has 0 radical (unpaired) electrons. The zero-order valence-electron chi connectivity index (χ0n) is 16.9. The van der Waals surface area contributed by atoms with Gasteiger partial charge in [-0.1, -0.05) is 42.5 Å². The van der Waals surface area contributed by atoms with Crippen LogP contribution in [0.3, 0.4) is 0 Å². The van der Waals surface area contributed by atoms with E-state index in [1.807, 2.05) is 36.4 Å². The van der Waals surface area contributed by atoms with Crippen LogP contribution in [0.15, 0.2) is 48.5 Å². The molecule has 0 saturated carbocycles. The molecule has 2 aromatic carbocycles. The van der Waals surface area contributed by atoms with Crippen molar-refractivity contribution >= 4 is 23.6 Å². The number of hydrogen-bond acceptors (Lipinski definition) is 5. The summed E-state index contributed by atoms with van der Waals surface area (Å²) in [7, 11) is 1.22. The zero-order valence-corrected chi connectivity index (χ0v) is 16.9. The van der Waals surface area contributed by atoms with Gasteiger partial charge < -0.3 is 19.5 Å². The molecule has 1 heterocycles. The van der Waals surface area contributed by atoms with Crippen LogP contribution in [0.2, 0.25) is 0 Å². The molecule has 156 valence electrons. The highest BCUT2D eigenvalue weighted by molar-refractivity contribution is 6.04. The van der Waals surface area contributed by atoms with Gasteiger partial charge in [0.05, 0.1) is 18.2 Å². The van der Waals surface area contributed by atoms with E-state index in [2.05, 4.69) is 0 Å². The number of amides is 1. The fraction of sp³-hybridized carbons (Fsp3) is 0.261. The van der Waals surface area contributed by atoms with Gasteiger partial charge in [-0.15, -0.1) is 0 Å². The summed E-state index contributed by atoms with van der Waals surface area (Å²) in [5, 5.41) is 9.38. The average molecular weight is 409 g/mol. The Hall–Kier alpha value is -3.61. The van der Waals surface area contributed by atoms with Gasteiger partial charge in [-0.05, 0) is 41.7 Å². The van der Waals surface area contributed by atoms with Crippen molar-refractivity contribution in [2.75, 3.05) is 20.2 Å². The van der Waals surface area contributed by atoms with Crippen LogP contribution in [0.5, 0.6) is 0 Å². The van der Waals surface area contributed by atoms with Crippen LogP contribution >= 0.6 is 0 Å². The lowest BCUT2D eigenvalue weighted by Gasteiger charge is -2.27. The quantitative estimate of drug-likeness (QED) is 0.753. The Morgan fingerprint density at radius 3 is 2.43 bits per heavy atom. The maximum atomic E-state index is 12.3.